The Kier molecular flexibility index (Phi) is 2.66. The van der Waals surface area contributed by atoms with Gasteiger partial charge >= 0.3 is 0 Å². The molecule has 1 atom stereocenters. The number of aromatic nitrogens is 3. The normalized spacial score (nSPS) is 19.4. The lowest BCUT2D eigenvalue weighted by molar-refractivity contribution is 0.0730. The summed E-state index contributed by atoms with van der Waals surface area (Å²) in [6.45, 7) is 0.817. The monoisotopic (exact) mass is 244 g/mol. The zero-order valence-corrected chi connectivity index (χ0v) is 10.3. The zero-order chi connectivity index (χ0) is 12.5. The van der Waals surface area contributed by atoms with E-state index in [2.05, 4.69) is 10.1 Å². The standard InChI is InChI=1S/C13H16N4O/c1-16-9-10(8-15-16)12-5-3-7-17(12)13(18)11-4-2-6-14-11/h2,4,6,8-9,12,14H,3,5,7H2,1H3/t12-/m1/s1. The topological polar surface area (TPSA) is 53.9 Å². The molecule has 3 rings (SSSR count). The van der Waals surface area contributed by atoms with Gasteiger partial charge in [0.05, 0.1) is 12.2 Å². The summed E-state index contributed by atoms with van der Waals surface area (Å²) in [4.78, 5) is 17.3. The number of aromatic amines is 1. The number of carbonyl (C=O) groups excluding carboxylic acids is 1. The minimum Gasteiger partial charge on any atom is -0.357 e. The van der Waals surface area contributed by atoms with E-state index in [0.29, 0.717) is 5.69 Å². The van der Waals surface area contributed by atoms with E-state index in [4.69, 9.17) is 0 Å². The van der Waals surface area contributed by atoms with Crippen molar-refractivity contribution in [3.63, 3.8) is 0 Å². The molecule has 5 heteroatoms. The molecule has 0 saturated carbocycles. The summed E-state index contributed by atoms with van der Waals surface area (Å²) in [6.07, 6.45) is 7.68. The van der Waals surface area contributed by atoms with Gasteiger partial charge in [-0.3, -0.25) is 9.48 Å². The van der Waals surface area contributed by atoms with Gasteiger partial charge in [0, 0.05) is 31.5 Å². The first kappa shape index (κ1) is 11.1. The third kappa shape index (κ3) is 1.81. The van der Waals surface area contributed by atoms with E-state index in [-0.39, 0.29) is 11.9 Å². The van der Waals surface area contributed by atoms with Gasteiger partial charge in [-0.15, -0.1) is 0 Å². The molecule has 1 aliphatic heterocycles. The van der Waals surface area contributed by atoms with E-state index in [9.17, 15) is 4.79 Å². The number of amides is 1. The lowest BCUT2D eigenvalue weighted by Gasteiger charge is -2.23. The summed E-state index contributed by atoms with van der Waals surface area (Å²) < 4.78 is 1.78. The maximum absolute atomic E-state index is 12.4. The minimum absolute atomic E-state index is 0.0753. The van der Waals surface area contributed by atoms with Crippen LogP contribution in [0.4, 0.5) is 0 Å². The summed E-state index contributed by atoms with van der Waals surface area (Å²) in [5.74, 6) is 0.0753. The fourth-order valence-corrected chi connectivity index (χ4v) is 2.59. The van der Waals surface area contributed by atoms with Gasteiger partial charge in [-0.05, 0) is 25.0 Å². The number of nitrogens with zero attached hydrogens (tertiary/aromatic N) is 3. The number of hydrogen-bond acceptors (Lipinski definition) is 2. The fourth-order valence-electron chi connectivity index (χ4n) is 2.59. The van der Waals surface area contributed by atoms with Crippen LogP contribution in [-0.2, 0) is 7.05 Å². The summed E-state index contributed by atoms with van der Waals surface area (Å²) in [5, 5.41) is 4.19. The molecule has 0 spiro atoms. The van der Waals surface area contributed by atoms with Crippen LogP contribution in [0.1, 0.15) is 34.9 Å². The van der Waals surface area contributed by atoms with Crippen LogP contribution in [0.3, 0.4) is 0 Å². The molecule has 0 aliphatic carbocycles. The molecule has 5 nitrogen and oxygen atoms in total. The van der Waals surface area contributed by atoms with Crippen molar-refractivity contribution in [1.29, 1.82) is 0 Å². The number of rotatable bonds is 2. The molecular formula is C13H16N4O. The highest BCUT2D eigenvalue weighted by atomic mass is 16.2. The molecule has 3 heterocycles. The Labute approximate surface area is 105 Å². The molecule has 2 aromatic rings. The molecule has 2 aromatic heterocycles. The largest absolute Gasteiger partial charge is 0.357 e. The fraction of sp³-hybridized carbons (Fsp3) is 0.385. The summed E-state index contributed by atoms with van der Waals surface area (Å²) in [7, 11) is 1.90. The number of nitrogens with one attached hydrogen (secondary N) is 1. The second kappa shape index (κ2) is 4.33. The highest BCUT2D eigenvalue weighted by molar-refractivity contribution is 5.92. The van der Waals surface area contributed by atoms with Crippen molar-refractivity contribution in [2.45, 2.75) is 18.9 Å². The van der Waals surface area contributed by atoms with Gasteiger partial charge in [-0.25, -0.2) is 0 Å². The van der Waals surface area contributed by atoms with Gasteiger partial charge in [0.1, 0.15) is 5.69 Å². The van der Waals surface area contributed by atoms with E-state index in [1.165, 1.54) is 0 Å². The predicted molar refractivity (Wildman–Crippen MR) is 67.0 cm³/mol. The summed E-state index contributed by atoms with van der Waals surface area (Å²) >= 11 is 0. The molecule has 1 saturated heterocycles. The highest BCUT2D eigenvalue weighted by Gasteiger charge is 2.31. The molecule has 18 heavy (non-hydrogen) atoms. The van der Waals surface area contributed by atoms with E-state index in [0.717, 1.165) is 24.9 Å². The predicted octanol–water partition coefficient (Wildman–Crippen LogP) is 1.73. The molecule has 94 valence electrons. The van der Waals surface area contributed by atoms with Crippen LogP contribution >= 0.6 is 0 Å². The van der Waals surface area contributed by atoms with Crippen LogP contribution in [0.5, 0.6) is 0 Å². The van der Waals surface area contributed by atoms with Gasteiger partial charge in [-0.2, -0.15) is 5.10 Å². The number of aryl methyl sites for hydroxylation is 1. The van der Waals surface area contributed by atoms with E-state index >= 15 is 0 Å². The minimum atomic E-state index is 0.0753. The highest BCUT2D eigenvalue weighted by Crippen LogP contribution is 2.32. The van der Waals surface area contributed by atoms with E-state index in [1.54, 1.807) is 10.9 Å². The van der Waals surface area contributed by atoms with Crippen LogP contribution in [0, 0.1) is 0 Å². The molecule has 0 aromatic carbocycles. The maximum atomic E-state index is 12.4. The molecule has 1 aliphatic rings. The quantitative estimate of drug-likeness (QED) is 0.874. The van der Waals surface area contributed by atoms with Gasteiger partial charge < -0.3 is 9.88 Å². The first-order chi connectivity index (χ1) is 8.75. The van der Waals surface area contributed by atoms with Crippen molar-refractivity contribution in [2.75, 3.05) is 6.54 Å². The maximum Gasteiger partial charge on any atom is 0.270 e. The van der Waals surface area contributed by atoms with Crippen LogP contribution in [0.2, 0.25) is 0 Å². The molecule has 1 fully saturated rings. The Bertz CT molecular complexity index is 543. The van der Waals surface area contributed by atoms with Crippen molar-refractivity contribution < 1.29 is 4.79 Å². The molecule has 0 radical (unpaired) electrons. The lowest BCUT2D eigenvalue weighted by atomic mass is 10.1. The Morgan fingerprint density at radius 2 is 2.44 bits per heavy atom. The first-order valence-electron chi connectivity index (χ1n) is 6.18. The Hall–Kier alpha value is -2.04. The Balaban J connectivity index is 1.85. The smallest absolute Gasteiger partial charge is 0.270 e. The van der Waals surface area contributed by atoms with Crippen molar-refractivity contribution in [2.24, 2.45) is 7.05 Å². The van der Waals surface area contributed by atoms with Crippen molar-refractivity contribution in [3.05, 3.63) is 42.0 Å². The van der Waals surface area contributed by atoms with Crippen molar-refractivity contribution >= 4 is 5.91 Å². The average Bonchev–Trinajstić information content (AvgIpc) is 3.09. The summed E-state index contributed by atoms with van der Waals surface area (Å²) in [5.41, 5.74) is 1.78. The SMILES string of the molecule is Cn1cc([C@H]2CCCN2C(=O)c2ccc[nH]2)cn1. The third-order valence-electron chi connectivity index (χ3n) is 3.45. The van der Waals surface area contributed by atoms with E-state index in [1.807, 2.05) is 36.5 Å². The zero-order valence-electron chi connectivity index (χ0n) is 10.3. The molecule has 0 bridgehead atoms. The van der Waals surface area contributed by atoms with Gasteiger partial charge in [0.25, 0.3) is 5.91 Å². The Morgan fingerprint density at radius 1 is 1.56 bits per heavy atom. The van der Waals surface area contributed by atoms with Crippen molar-refractivity contribution in [1.82, 2.24) is 19.7 Å². The van der Waals surface area contributed by atoms with Crippen molar-refractivity contribution in [3.8, 4) is 0 Å². The molecule has 0 unspecified atom stereocenters. The molecule has 1 N–H and O–H groups in total. The van der Waals surface area contributed by atoms with Gasteiger partial charge in [0.2, 0.25) is 0 Å². The second-order valence-electron chi connectivity index (χ2n) is 4.69. The number of hydrogen-bond donors (Lipinski definition) is 1. The second-order valence-corrected chi connectivity index (χ2v) is 4.69. The number of likely N-dealkylation sites (tertiary alicyclic amines) is 1. The summed E-state index contributed by atoms with van der Waals surface area (Å²) in [6, 6.07) is 3.83. The van der Waals surface area contributed by atoms with Crippen LogP contribution in [0.15, 0.2) is 30.7 Å². The third-order valence-corrected chi connectivity index (χ3v) is 3.45. The molecule has 1 amide bonds. The van der Waals surface area contributed by atoms with E-state index < -0.39 is 0 Å². The van der Waals surface area contributed by atoms with Gasteiger partial charge in [0.15, 0.2) is 0 Å². The number of carbonyl (C=O) groups is 1. The van der Waals surface area contributed by atoms with Crippen LogP contribution < -0.4 is 0 Å². The number of H-pyrrole nitrogens is 1. The first-order valence-corrected chi connectivity index (χ1v) is 6.18. The van der Waals surface area contributed by atoms with Gasteiger partial charge in [-0.1, -0.05) is 0 Å². The molecular weight excluding hydrogens is 228 g/mol. The van der Waals surface area contributed by atoms with Crippen LogP contribution in [0.25, 0.3) is 0 Å². The average molecular weight is 244 g/mol. The Morgan fingerprint density at radius 3 is 3.11 bits per heavy atom. The van der Waals surface area contributed by atoms with Crippen LogP contribution in [-0.4, -0.2) is 32.1 Å². The lowest BCUT2D eigenvalue weighted by Crippen LogP contribution is -2.30.